The monoisotopic (exact) mass is 184 g/mol. The van der Waals surface area contributed by atoms with Crippen LogP contribution in [0.25, 0.3) is 0 Å². The molecule has 2 saturated carbocycles. The van der Waals surface area contributed by atoms with Gasteiger partial charge in [-0.3, -0.25) is 0 Å². The Bertz CT molecular complexity index is 236. The number of hydrogen-bond acceptors (Lipinski definition) is 2. The molecule has 0 spiro atoms. The maximum Gasteiger partial charge on any atom is 0.0938 e. The second-order valence-corrected chi connectivity index (χ2v) is 5.68. The van der Waals surface area contributed by atoms with Gasteiger partial charge in [0.2, 0.25) is 0 Å². The Kier molecular flexibility index (Phi) is 1.67. The summed E-state index contributed by atoms with van der Waals surface area (Å²) in [5, 5.41) is 19.6. The van der Waals surface area contributed by atoms with Crippen LogP contribution in [0.4, 0.5) is 0 Å². The topological polar surface area (TPSA) is 40.5 Å². The van der Waals surface area contributed by atoms with E-state index >= 15 is 0 Å². The third kappa shape index (κ3) is 0.816. The number of fused-ring (bicyclic) bond motifs is 2. The molecule has 2 heteroatoms. The number of aliphatic hydroxyl groups is 2. The van der Waals surface area contributed by atoms with Crippen LogP contribution in [-0.4, -0.2) is 22.4 Å². The van der Waals surface area contributed by atoms with Crippen molar-refractivity contribution < 1.29 is 10.2 Å². The molecule has 13 heavy (non-hydrogen) atoms. The zero-order valence-electron chi connectivity index (χ0n) is 8.80. The van der Waals surface area contributed by atoms with Crippen LogP contribution in [0.2, 0.25) is 0 Å². The summed E-state index contributed by atoms with van der Waals surface area (Å²) in [5.74, 6) is 0.592. The lowest BCUT2D eigenvalue weighted by Gasteiger charge is -2.44. The summed E-state index contributed by atoms with van der Waals surface area (Å²) in [7, 11) is 0. The maximum absolute atomic E-state index is 10.3. The van der Waals surface area contributed by atoms with Gasteiger partial charge in [-0.15, -0.1) is 0 Å². The highest BCUT2D eigenvalue weighted by molar-refractivity contribution is 5.17. The molecule has 76 valence electrons. The maximum atomic E-state index is 10.3. The van der Waals surface area contributed by atoms with Crippen molar-refractivity contribution in [2.45, 2.75) is 45.6 Å². The van der Waals surface area contributed by atoms with Crippen molar-refractivity contribution >= 4 is 0 Å². The number of hydrogen-bond donors (Lipinski definition) is 2. The fourth-order valence-electron chi connectivity index (χ4n) is 3.66. The molecule has 2 nitrogen and oxygen atoms in total. The van der Waals surface area contributed by atoms with E-state index in [2.05, 4.69) is 20.8 Å². The van der Waals surface area contributed by atoms with Crippen LogP contribution >= 0.6 is 0 Å². The summed E-state index contributed by atoms with van der Waals surface area (Å²) in [4.78, 5) is 0. The molecule has 0 saturated heterocycles. The van der Waals surface area contributed by atoms with E-state index in [1.54, 1.807) is 0 Å². The average Bonchev–Trinajstić information content (AvgIpc) is 2.36. The lowest BCUT2D eigenvalue weighted by atomic mass is 9.65. The third-order valence-electron chi connectivity index (χ3n) is 5.31. The van der Waals surface area contributed by atoms with E-state index in [4.69, 9.17) is 0 Å². The molecule has 2 rings (SSSR count). The van der Waals surface area contributed by atoms with Crippen LogP contribution in [-0.2, 0) is 0 Å². The third-order valence-corrected chi connectivity index (χ3v) is 5.31. The molecular formula is C11H20O2. The predicted octanol–water partition coefficient (Wildman–Crippen LogP) is 1.56. The van der Waals surface area contributed by atoms with Gasteiger partial charge in [-0.2, -0.15) is 0 Å². The SMILES string of the molecule is CC1(C)C2CCC1(C)C(O)(CO)C2. The van der Waals surface area contributed by atoms with Gasteiger partial charge >= 0.3 is 0 Å². The van der Waals surface area contributed by atoms with Crippen molar-refractivity contribution in [3.8, 4) is 0 Å². The molecule has 2 aliphatic rings. The van der Waals surface area contributed by atoms with Crippen LogP contribution in [0.5, 0.6) is 0 Å². The summed E-state index contributed by atoms with van der Waals surface area (Å²) in [6, 6.07) is 0. The van der Waals surface area contributed by atoms with Gasteiger partial charge in [0.25, 0.3) is 0 Å². The van der Waals surface area contributed by atoms with Gasteiger partial charge in [0.15, 0.2) is 0 Å². The summed E-state index contributed by atoms with van der Waals surface area (Å²) in [6.45, 7) is 6.52. The minimum atomic E-state index is -0.820. The van der Waals surface area contributed by atoms with Gasteiger partial charge in [0.1, 0.15) is 0 Å². The Morgan fingerprint density at radius 3 is 2.15 bits per heavy atom. The van der Waals surface area contributed by atoms with Crippen molar-refractivity contribution in [2.24, 2.45) is 16.7 Å². The van der Waals surface area contributed by atoms with E-state index in [1.165, 1.54) is 6.42 Å². The molecule has 0 aromatic rings. The van der Waals surface area contributed by atoms with E-state index in [0.717, 1.165) is 12.8 Å². The summed E-state index contributed by atoms with van der Waals surface area (Å²) in [6.07, 6.45) is 3.06. The van der Waals surface area contributed by atoms with Crippen molar-refractivity contribution in [2.75, 3.05) is 6.61 Å². The second kappa shape index (κ2) is 2.29. The number of aliphatic hydroxyl groups excluding tert-OH is 1. The molecule has 2 aliphatic carbocycles. The van der Waals surface area contributed by atoms with Gasteiger partial charge in [0, 0.05) is 5.41 Å². The van der Waals surface area contributed by atoms with Crippen LogP contribution in [0, 0.1) is 16.7 Å². The average molecular weight is 184 g/mol. The summed E-state index contributed by atoms with van der Waals surface area (Å²) < 4.78 is 0. The fourth-order valence-corrected chi connectivity index (χ4v) is 3.66. The predicted molar refractivity (Wildman–Crippen MR) is 51.3 cm³/mol. The zero-order valence-corrected chi connectivity index (χ0v) is 8.80. The zero-order chi connectivity index (χ0) is 9.91. The van der Waals surface area contributed by atoms with Crippen LogP contribution < -0.4 is 0 Å². The second-order valence-electron chi connectivity index (χ2n) is 5.68. The summed E-state index contributed by atoms with van der Waals surface area (Å²) >= 11 is 0. The van der Waals surface area contributed by atoms with Gasteiger partial charge in [0.05, 0.1) is 12.2 Å². The molecule has 2 N–H and O–H groups in total. The first-order valence-electron chi connectivity index (χ1n) is 5.21. The Hall–Kier alpha value is -0.0800. The summed E-state index contributed by atoms with van der Waals surface area (Å²) in [5.41, 5.74) is -0.719. The van der Waals surface area contributed by atoms with Crippen molar-refractivity contribution in [3.05, 3.63) is 0 Å². The molecule has 3 unspecified atom stereocenters. The molecule has 3 atom stereocenters. The van der Waals surface area contributed by atoms with Crippen molar-refractivity contribution in [3.63, 3.8) is 0 Å². The number of rotatable bonds is 1. The Labute approximate surface area is 80.0 Å². The van der Waals surface area contributed by atoms with E-state index in [-0.39, 0.29) is 17.4 Å². The minimum absolute atomic E-state index is 0.0799. The molecule has 0 aliphatic heterocycles. The largest absolute Gasteiger partial charge is 0.393 e. The highest BCUT2D eigenvalue weighted by Gasteiger charge is 2.68. The molecule has 0 aromatic heterocycles. The van der Waals surface area contributed by atoms with Crippen LogP contribution in [0.1, 0.15) is 40.0 Å². The highest BCUT2D eigenvalue weighted by Crippen LogP contribution is 2.69. The first kappa shape index (κ1) is 9.47. The van der Waals surface area contributed by atoms with E-state index in [0.29, 0.717) is 5.92 Å². The van der Waals surface area contributed by atoms with Crippen molar-refractivity contribution in [1.29, 1.82) is 0 Å². The molecule has 2 bridgehead atoms. The van der Waals surface area contributed by atoms with Gasteiger partial charge in [-0.1, -0.05) is 20.8 Å². The first-order chi connectivity index (χ1) is 5.87. The standard InChI is InChI=1S/C11H20O2/c1-9(2)8-4-5-10(9,3)11(13,6-8)7-12/h8,12-13H,4-7H2,1-3H3. The quantitative estimate of drug-likeness (QED) is 0.649. The minimum Gasteiger partial charge on any atom is -0.393 e. The highest BCUT2D eigenvalue weighted by atomic mass is 16.3. The molecule has 0 amide bonds. The molecule has 0 aromatic carbocycles. The molecular weight excluding hydrogens is 164 g/mol. The first-order valence-corrected chi connectivity index (χ1v) is 5.21. The van der Waals surface area contributed by atoms with Gasteiger partial charge in [-0.25, -0.2) is 0 Å². The Morgan fingerprint density at radius 1 is 1.31 bits per heavy atom. The molecule has 0 heterocycles. The fraction of sp³-hybridized carbons (Fsp3) is 1.00. The van der Waals surface area contributed by atoms with Gasteiger partial charge < -0.3 is 10.2 Å². The lowest BCUT2D eigenvalue weighted by molar-refractivity contribution is -0.119. The lowest BCUT2D eigenvalue weighted by Crippen LogP contribution is -2.49. The molecule has 2 fully saturated rings. The van der Waals surface area contributed by atoms with E-state index in [1.807, 2.05) is 0 Å². The van der Waals surface area contributed by atoms with E-state index in [9.17, 15) is 10.2 Å². The van der Waals surface area contributed by atoms with Crippen LogP contribution in [0.3, 0.4) is 0 Å². The van der Waals surface area contributed by atoms with Gasteiger partial charge in [-0.05, 0) is 30.6 Å². The molecule has 0 radical (unpaired) electrons. The van der Waals surface area contributed by atoms with Crippen LogP contribution in [0.15, 0.2) is 0 Å². The Balaban J connectivity index is 2.44. The Morgan fingerprint density at radius 2 is 1.92 bits per heavy atom. The van der Waals surface area contributed by atoms with E-state index < -0.39 is 5.60 Å². The normalized spacial score (nSPS) is 52.8. The smallest absolute Gasteiger partial charge is 0.0938 e. The van der Waals surface area contributed by atoms with Crippen molar-refractivity contribution in [1.82, 2.24) is 0 Å².